The number of fused-ring (bicyclic) bond motifs is 1. The van der Waals surface area contributed by atoms with Crippen LogP contribution in [0.15, 0.2) is 28.9 Å². The SMILES string of the molecule is NC1(c2ccc3[nH]cc(Br)c3c2)CCC1. The van der Waals surface area contributed by atoms with Gasteiger partial charge in [0.15, 0.2) is 0 Å². The molecular weight excluding hydrogens is 252 g/mol. The van der Waals surface area contributed by atoms with Crippen molar-refractivity contribution in [3.8, 4) is 0 Å². The predicted molar refractivity (Wildman–Crippen MR) is 65.7 cm³/mol. The molecule has 1 aliphatic rings. The van der Waals surface area contributed by atoms with E-state index in [1.165, 1.54) is 17.4 Å². The van der Waals surface area contributed by atoms with Crippen molar-refractivity contribution in [3.63, 3.8) is 0 Å². The molecule has 0 radical (unpaired) electrons. The maximum Gasteiger partial charge on any atom is 0.0465 e. The first-order valence-corrected chi connectivity index (χ1v) is 6.04. The molecule has 3 rings (SSSR count). The Kier molecular flexibility index (Phi) is 1.94. The van der Waals surface area contributed by atoms with Crippen LogP contribution >= 0.6 is 15.9 Å². The summed E-state index contributed by atoms with van der Waals surface area (Å²) < 4.78 is 1.11. The lowest BCUT2D eigenvalue weighted by Gasteiger charge is -2.38. The van der Waals surface area contributed by atoms with Crippen LogP contribution in [0.25, 0.3) is 10.9 Å². The molecule has 0 unspecified atom stereocenters. The molecule has 0 spiro atoms. The zero-order valence-electron chi connectivity index (χ0n) is 8.39. The second-order valence-corrected chi connectivity index (χ2v) is 5.26. The molecule has 0 amide bonds. The van der Waals surface area contributed by atoms with Gasteiger partial charge in [-0.1, -0.05) is 6.07 Å². The number of hydrogen-bond donors (Lipinski definition) is 2. The molecule has 1 saturated carbocycles. The lowest BCUT2D eigenvalue weighted by Crippen LogP contribution is -2.43. The number of aromatic amines is 1. The number of nitrogens with one attached hydrogen (secondary N) is 1. The monoisotopic (exact) mass is 264 g/mol. The van der Waals surface area contributed by atoms with E-state index in [1.807, 2.05) is 6.20 Å². The van der Waals surface area contributed by atoms with Gasteiger partial charge in [-0.3, -0.25) is 0 Å². The van der Waals surface area contributed by atoms with Crippen molar-refractivity contribution in [1.82, 2.24) is 4.98 Å². The number of halogens is 1. The highest BCUT2D eigenvalue weighted by Gasteiger charge is 2.34. The summed E-state index contributed by atoms with van der Waals surface area (Å²) in [6, 6.07) is 6.46. The van der Waals surface area contributed by atoms with E-state index in [-0.39, 0.29) is 5.54 Å². The minimum absolute atomic E-state index is 0.0646. The van der Waals surface area contributed by atoms with Crippen molar-refractivity contribution in [2.24, 2.45) is 5.73 Å². The van der Waals surface area contributed by atoms with Crippen LogP contribution in [0, 0.1) is 0 Å². The van der Waals surface area contributed by atoms with Crippen LogP contribution in [-0.4, -0.2) is 4.98 Å². The Balaban J connectivity index is 2.16. The van der Waals surface area contributed by atoms with Gasteiger partial charge in [0.2, 0.25) is 0 Å². The summed E-state index contributed by atoms with van der Waals surface area (Å²) in [5.41, 5.74) is 8.67. The van der Waals surface area contributed by atoms with Crippen LogP contribution in [0.5, 0.6) is 0 Å². The van der Waals surface area contributed by atoms with Gasteiger partial charge >= 0.3 is 0 Å². The van der Waals surface area contributed by atoms with Crippen LogP contribution in [-0.2, 0) is 5.54 Å². The lowest BCUT2D eigenvalue weighted by molar-refractivity contribution is 0.254. The third kappa shape index (κ3) is 1.34. The summed E-state index contributed by atoms with van der Waals surface area (Å²) in [5, 5.41) is 1.23. The van der Waals surface area contributed by atoms with Gasteiger partial charge in [-0.2, -0.15) is 0 Å². The molecule has 1 aromatic heterocycles. The van der Waals surface area contributed by atoms with E-state index in [4.69, 9.17) is 5.73 Å². The number of benzene rings is 1. The molecule has 78 valence electrons. The summed E-state index contributed by atoms with van der Waals surface area (Å²) >= 11 is 3.54. The first-order valence-electron chi connectivity index (χ1n) is 5.25. The van der Waals surface area contributed by atoms with E-state index in [0.29, 0.717) is 0 Å². The standard InChI is InChI=1S/C12H13BrN2/c13-10-7-15-11-3-2-8(6-9(10)11)12(14)4-1-5-12/h2-3,6-7,15H,1,4-5,14H2. The minimum Gasteiger partial charge on any atom is -0.360 e. The van der Waals surface area contributed by atoms with Crippen LogP contribution in [0.3, 0.4) is 0 Å². The molecule has 2 aromatic rings. The molecule has 15 heavy (non-hydrogen) atoms. The molecule has 0 bridgehead atoms. The second-order valence-electron chi connectivity index (χ2n) is 4.41. The van der Waals surface area contributed by atoms with Gasteiger partial charge in [0, 0.05) is 27.1 Å². The number of rotatable bonds is 1. The fourth-order valence-corrected chi connectivity index (χ4v) is 2.69. The van der Waals surface area contributed by atoms with Crippen LogP contribution in [0.4, 0.5) is 0 Å². The van der Waals surface area contributed by atoms with E-state index in [2.05, 4.69) is 39.1 Å². The molecule has 1 heterocycles. The average Bonchev–Trinajstić information content (AvgIpc) is 2.57. The van der Waals surface area contributed by atoms with Crippen molar-refractivity contribution in [1.29, 1.82) is 0 Å². The Morgan fingerprint density at radius 2 is 2.13 bits per heavy atom. The third-order valence-electron chi connectivity index (χ3n) is 3.45. The zero-order chi connectivity index (χ0) is 10.5. The van der Waals surface area contributed by atoms with Gasteiger partial charge in [0.25, 0.3) is 0 Å². The molecule has 3 N–H and O–H groups in total. The Morgan fingerprint density at radius 3 is 2.80 bits per heavy atom. The largest absolute Gasteiger partial charge is 0.360 e. The summed E-state index contributed by atoms with van der Waals surface area (Å²) in [6.45, 7) is 0. The van der Waals surface area contributed by atoms with E-state index < -0.39 is 0 Å². The highest BCUT2D eigenvalue weighted by molar-refractivity contribution is 9.10. The summed E-state index contributed by atoms with van der Waals surface area (Å²) in [6.07, 6.45) is 5.45. The van der Waals surface area contributed by atoms with Crippen LogP contribution in [0.1, 0.15) is 24.8 Å². The first-order chi connectivity index (χ1) is 7.19. The lowest BCUT2D eigenvalue weighted by atomic mass is 9.72. The molecule has 2 nitrogen and oxygen atoms in total. The molecule has 3 heteroatoms. The quantitative estimate of drug-likeness (QED) is 0.816. The fourth-order valence-electron chi connectivity index (χ4n) is 2.24. The molecular formula is C12H13BrN2. The third-order valence-corrected chi connectivity index (χ3v) is 4.11. The molecule has 0 saturated heterocycles. The zero-order valence-corrected chi connectivity index (χ0v) is 9.97. The summed E-state index contributed by atoms with van der Waals surface area (Å²) in [4.78, 5) is 3.21. The van der Waals surface area contributed by atoms with Crippen LogP contribution in [0.2, 0.25) is 0 Å². The van der Waals surface area contributed by atoms with Gasteiger partial charge in [-0.05, 0) is 52.9 Å². The maximum atomic E-state index is 6.31. The van der Waals surface area contributed by atoms with Gasteiger partial charge in [-0.25, -0.2) is 0 Å². The van der Waals surface area contributed by atoms with Crippen molar-refractivity contribution in [2.45, 2.75) is 24.8 Å². The minimum atomic E-state index is -0.0646. The number of H-pyrrole nitrogens is 1. The van der Waals surface area contributed by atoms with Crippen molar-refractivity contribution in [2.75, 3.05) is 0 Å². The summed E-state index contributed by atoms with van der Waals surface area (Å²) in [5.74, 6) is 0. The average molecular weight is 265 g/mol. The molecule has 0 atom stereocenters. The normalized spacial score (nSPS) is 19.1. The topological polar surface area (TPSA) is 41.8 Å². The summed E-state index contributed by atoms with van der Waals surface area (Å²) in [7, 11) is 0. The Bertz CT molecular complexity index is 511. The number of nitrogens with two attached hydrogens (primary N) is 1. The van der Waals surface area contributed by atoms with Crippen molar-refractivity contribution in [3.05, 3.63) is 34.4 Å². The molecule has 0 aliphatic heterocycles. The van der Waals surface area contributed by atoms with Gasteiger partial charge in [0.1, 0.15) is 0 Å². The molecule has 1 aromatic carbocycles. The van der Waals surface area contributed by atoms with Gasteiger partial charge in [0.05, 0.1) is 0 Å². The number of aromatic nitrogens is 1. The van der Waals surface area contributed by atoms with E-state index in [1.54, 1.807) is 0 Å². The molecule has 1 aliphatic carbocycles. The molecule has 1 fully saturated rings. The Morgan fingerprint density at radius 1 is 1.33 bits per heavy atom. The van der Waals surface area contributed by atoms with E-state index in [9.17, 15) is 0 Å². The number of hydrogen-bond acceptors (Lipinski definition) is 1. The van der Waals surface area contributed by atoms with Gasteiger partial charge < -0.3 is 10.7 Å². The van der Waals surface area contributed by atoms with Gasteiger partial charge in [-0.15, -0.1) is 0 Å². The Labute approximate surface area is 97.0 Å². The highest BCUT2D eigenvalue weighted by atomic mass is 79.9. The first kappa shape index (κ1) is 9.43. The van der Waals surface area contributed by atoms with Crippen molar-refractivity contribution >= 4 is 26.8 Å². The maximum absolute atomic E-state index is 6.31. The van der Waals surface area contributed by atoms with Crippen molar-refractivity contribution < 1.29 is 0 Å². The highest BCUT2D eigenvalue weighted by Crippen LogP contribution is 2.40. The van der Waals surface area contributed by atoms with E-state index in [0.717, 1.165) is 22.8 Å². The van der Waals surface area contributed by atoms with Crippen LogP contribution < -0.4 is 5.73 Å². The smallest absolute Gasteiger partial charge is 0.0465 e. The van der Waals surface area contributed by atoms with E-state index >= 15 is 0 Å². The predicted octanol–water partition coefficient (Wildman–Crippen LogP) is 3.27. The second kappa shape index (κ2) is 3.09. The Hall–Kier alpha value is -0.800. The fraction of sp³-hybridized carbons (Fsp3) is 0.333.